The summed E-state index contributed by atoms with van der Waals surface area (Å²) in [5.74, 6) is 1.30. The SMILES string of the molecule is CC(C)[C@@H]1CC[C@@H](C)C[C@H]1OC(=O)/C=C/CC(O)c1ccccc1. The Morgan fingerprint density at radius 3 is 2.67 bits per heavy atom. The number of carbonyl (C=O) groups is 1. The van der Waals surface area contributed by atoms with Gasteiger partial charge in [0.15, 0.2) is 0 Å². The Morgan fingerprint density at radius 1 is 1.29 bits per heavy atom. The molecule has 132 valence electrons. The average molecular weight is 330 g/mol. The molecule has 3 nitrogen and oxygen atoms in total. The van der Waals surface area contributed by atoms with Crippen LogP contribution >= 0.6 is 0 Å². The van der Waals surface area contributed by atoms with Crippen LogP contribution in [0.2, 0.25) is 0 Å². The third-order valence-electron chi connectivity index (χ3n) is 5.03. The summed E-state index contributed by atoms with van der Waals surface area (Å²) in [4.78, 5) is 12.1. The molecule has 0 aromatic heterocycles. The lowest BCUT2D eigenvalue weighted by Crippen LogP contribution is -2.35. The number of esters is 1. The molecule has 1 aromatic rings. The molecule has 2 rings (SSSR count). The van der Waals surface area contributed by atoms with E-state index in [4.69, 9.17) is 4.74 Å². The van der Waals surface area contributed by atoms with Crippen LogP contribution in [0.4, 0.5) is 0 Å². The quantitative estimate of drug-likeness (QED) is 0.609. The highest BCUT2D eigenvalue weighted by atomic mass is 16.5. The second-order valence-electron chi connectivity index (χ2n) is 7.37. The molecule has 24 heavy (non-hydrogen) atoms. The zero-order valence-corrected chi connectivity index (χ0v) is 15.0. The summed E-state index contributed by atoms with van der Waals surface area (Å²) < 4.78 is 5.72. The maximum absolute atomic E-state index is 12.1. The van der Waals surface area contributed by atoms with Crippen LogP contribution < -0.4 is 0 Å². The van der Waals surface area contributed by atoms with E-state index in [-0.39, 0.29) is 12.1 Å². The lowest BCUT2D eigenvalue weighted by atomic mass is 9.75. The van der Waals surface area contributed by atoms with E-state index in [9.17, 15) is 9.90 Å². The minimum absolute atomic E-state index is 0.0185. The summed E-state index contributed by atoms with van der Waals surface area (Å²) in [6.45, 7) is 6.63. The molecule has 1 aliphatic carbocycles. The molecule has 1 unspecified atom stereocenters. The first-order valence-corrected chi connectivity index (χ1v) is 9.07. The van der Waals surface area contributed by atoms with Crippen LogP contribution in [-0.4, -0.2) is 17.2 Å². The van der Waals surface area contributed by atoms with Gasteiger partial charge in [-0.05, 0) is 42.6 Å². The van der Waals surface area contributed by atoms with Crippen molar-refractivity contribution >= 4 is 5.97 Å². The molecule has 4 atom stereocenters. The molecule has 1 saturated carbocycles. The van der Waals surface area contributed by atoms with Gasteiger partial charge in [0.1, 0.15) is 6.10 Å². The second kappa shape index (κ2) is 9.03. The van der Waals surface area contributed by atoms with Crippen molar-refractivity contribution in [2.45, 2.75) is 58.7 Å². The first-order valence-electron chi connectivity index (χ1n) is 9.07. The standard InChI is InChI=1S/C21H30O3/c1-15(2)18-13-12-16(3)14-20(18)24-21(23)11-7-10-19(22)17-8-5-4-6-9-17/h4-9,11,15-16,18-20,22H,10,12-14H2,1-3H3/b11-7+/t16-,18+,19?,20-/m1/s1. The third kappa shape index (κ3) is 5.48. The fourth-order valence-electron chi connectivity index (χ4n) is 3.54. The molecular weight excluding hydrogens is 300 g/mol. The van der Waals surface area contributed by atoms with Gasteiger partial charge in [-0.25, -0.2) is 4.79 Å². The molecular formula is C21H30O3. The smallest absolute Gasteiger partial charge is 0.330 e. The first kappa shape index (κ1) is 18.7. The Hall–Kier alpha value is -1.61. The number of hydrogen-bond acceptors (Lipinski definition) is 3. The van der Waals surface area contributed by atoms with E-state index in [0.29, 0.717) is 24.2 Å². The number of benzene rings is 1. The molecule has 3 heteroatoms. The van der Waals surface area contributed by atoms with E-state index < -0.39 is 6.10 Å². The Bertz CT molecular complexity index is 535. The van der Waals surface area contributed by atoms with E-state index in [0.717, 1.165) is 18.4 Å². The Labute approximate surface area is 145 Å². The summed E-state index contributed by atoms with van der Waals surface area (Å²) in [5.41, 5.74) is 0.858. The number of hydrogen-bond donors (Lipinski definition) is 1. The zero-order chi connectivity index (χ0) is 17.5. The van der Waals surface area contributed by atoms with Gasteiger partial charge in [-0.3, -0.25) is 0 Å². The van der Waals surface area contributed by atoms with Crippen molar-refractivity contribution < 1.29 is 14.6 Å². The molecule has 0 aliphatic heterocycles. The van der Waals surface area contributed by atoms with Gasteiger partial charge in [-0.15, -0.1) is 0 Å². The minimum atomic E-state index is -0.589. The summed E-state index contributed by atoms with van der Waals surface area (Å²) in [7, 11) is 0. The van der Waals surface area contributed by atoms with Crippen molar-refractivity contribution in [3.05, 3.63) is 48.0 Å². The van der Waals surface area contributed by atoms with Crippen molar-refractivity contribution in [1.82, 2.24) is 0 Å². The summed E-state index contributed by atoms with van der Waals surface area (Å²) in [6.07, 6.45) is 6.31. The lowest BCUT2D eigenvalue weighted by Gasteiger charge is -2.36. The molecule has 0 radical (unpaired) electrons. The highest BCUT2D eigenvalue weighted by Crippen LogP contribution is 2.35. The van der Waals surface area contributed by atoms with Gasteiger partial charge in [0.2, 0.25) is 0 Å². The van der Waals surface area contributed by atoms with Crippen molar-refractivity contribution in [3.63, 3.8) is 0 Å². The molecule has 0 heterocycles. The fourth-order valence-corrected chi connectivity index (χ4v) is 3.54. The number of rotatable bonds is 6. The first-order chi connectivity index (χ1) is 11.5. The molecule has 1 fully saturated rings. The highest BCUT2D eigenvalue weighted by Gasteiger charge is 2.32. The van der Waals surface area contributed by atoms with Crippen molar-refractivity contribution in [2.75, 3.05) is 0 Å². The molecule has 0 spiro atoms. The fraction of sp³-hybridized carbons (Fsp3) is 0.571. The second-order valence-corrected chi connectivity index (χ2v) is 7.37. The minimum Gasteiger partial charge on any atom is -0.459 e. The van der Waals surface area contributed by atoms with Crippen molar-refractivity contribution in [2.24, 2.45) is 17.8 Å². The molecule has 1 N–H and O–H groups in total. The van der Waals surface area contributed by atoms with Gasteiger partial charge in [-0.2, -0.15) is 0 Å². The summed E-state index contributed by atoms with van der Waals surface area (Å²) in [6, 6.07) is 9.47. The average Bonchev–Trinajstić information content (AvgIpc) is 2.55. The zero-order valence-electron chi connectivity index (χ0n) is 15.0. The van der Waals surface area contributed by atoms with Crippen molar-refractivity contribution in [1.29, 1.82) is 0 Å². The molecule has 0 amide bonds. The van der Waals surface area contributed by atoms with Crippen LogP contribution in [0.15, 0.2) is 42.5 Å². The predicted octanol–water partition coefficient (Wildman–Crippen LogP) is 4.67. The normalized spacial score (nSPS) is 25.8. The van der Waals surface area contributed by atoms with Crippen LogP contribution in [-0.2, 0) is 9.53 Å². The van der Waals surface area contributed by atoms with Crippen LogP contribution in [0.5, 0.6) is 0 Å². The van der Waals surface area contributed by atoms with E-state index in [1.807, 2.05) is 30.3 Å². The van der Waals surface area contributed by atoms with Crippen LogP contribution in [0, 0.1) is 17.8 Å². The van der Waals surface area contributed by atoms with Crippen LogP contribution in [0.3, 0.4) is 0 Å². The maximum atomic E-state index is 12.1. The van der Waals surface area contributed by atoms with Crippen LogP contribution in [0.1, 0.15) is 58.1 Å². The van der Waals surface area contributed by atoms with E-state index in [1.54, 1.807) is 6.08 Å². The Kier molecular flexibility index (Phi) is 7.04. The van der Waals surface area contributed by atoms with E-state index in [1.165, 1.54) is 12.5 Å². The number of aliphatic hydroxyl groups excluding tert-OH is 1. The maximum Gasteiger partial charge on any atom is 0.330 e. The van der Waals surface area contributed by atoms with Gasteiger partial charge in [0.25, 0.3) is 0 Å². The number of carbonyl (C=O) groups excluding carboxylic acids is 1. The monoisotopic (exact) mass is 330 g/mol. The molecule has 1 aliphatic rings. The molecule has 1 aromatic carbocycles. The number of aliphatic hydroxyl groups is 1. The summed E-state index contributed by atoms with van der Waals surface area (Å²) in [5, 5.41) is 10.1. The van der Waals surface area contributed by atoms with Gasteiger partial charge >= 0.3 is 5.97 Å². The van der Waals surface area contributed by atoms with Gasteiger partial charge in [-0.1, -0.05) is 63.6 Å². The topological polar surface area (TPSA) is 46.5 Å². The Morgan fingerprint density at radius 2 is 2.00 bits per heavy atom. The van der Waals surface area contributed by atoms with Gasteiger partial charge in [0, 0.05) is 6.08 Å². The van der Waals surface area contributed by atoms with Crippen LogP contribution in [0.25, 0.3) is 0 Å². The largest absolute Gasteiger partial charge is 0.459 e. The lowest BCUT2D eigenvalue weighted by molar-refractivity contribution is -0.149. The van der Waals surface area contributed by atoms with E-state index >= 15 is 0 Å². The number of ether oxygens (including phenoxy) is 1. The van der Waals surface area contributed by atoms with E-state index in [2.05, 4.69) is 20.8 Å². The highest BCUT2D eigenvalue weighted by molar-refractivity contribution is 5.82. The van der Waals surface area contributed by atoms with Gasteiger partial charge < -0.3 is 9.84 Å². The Balaban J connectivity index is 1.85. The predicted molar refractivity (Wildman–Crippen MR) is 96.4 cm³/mol. The van der Waals surface area contributed by atoms with Crippen molar-refractivity contribution in [3.8, 4) is 0 Å². The molecule has 0 bridgehead atoms. The summed E-state index contributed by atoms with van der Waals surface area (Å²) >= 11 is 0. The van der Waals surface area contributed by atoms with Gasteiger partial charge in [0.05, 0.1) is 6.10 Å². The molecule has 0 saturated heterocycles. The third-order valence-corrected chi connectivity index (χ3v) is 5.03.